The summed E-state index contributed by atoms with van der Waals surface area (Å²) in [7, 11) is 1.50. The molecule has 0 radical (unpaired) electrons. The number of ether oxygens (including phenoxy) is 1. The molecule has 5 nitrogen and oxygen atoms in total. The number of methoxy groups -OCH3 is 1. The van der Waals surface area contributed by atoms with Gasteiger partial charge >= 0.3 is 0 Å². The van der Waals surface area contributed by atoms with Gasteiger partial charge in [-0.15, -0.1) is 0 Å². The summed E-state index contributed by atoms with van der Waals surface area (Å²) in [6.45, 7) is 0. The van der Waals surface area contributed by atoms with Crippen LogP contribution in [0.4, 0.5) is 4.39 Å². The third kappa shape index (κ3) is 3.14. The molecular weight excluding hydrogens is 345 g/mol. The number of amides is 1. The average molecular weight is 366 g/mol. The van der Waals surface area contributed by atoms with Crippen LogP contribution in [0.2, 0.25) is 0 Å². The number of hydrogen-bond acceptors (Lipinski definition) is 4. The maximum Gasteiger partial charge on any atom is 0.273 e. The molecule has 0 aliphatic carbocycles. The van der Waals surface area contributed by atoms with Crippen molar-refractivity contribution < 1.29 is 15.3 Å². The molecule has 4 rings (SSSR count). The van der Waals surface area contributed by atoms with Crippen molar-refractivity contribution in [3.8, 4) is 23.1 Å². The Balaban J connectivity index is 1.71. The summed E-state index contributed by atoms with van der Waals surface area (Å²) in [6, 6.07) is 9.43. The summed E-state index contributed by atoms with van der Waals surface area (Å²) in [5.41, 5.74) is 1.09. The molecule has 2 aliphatic rings. The fourth-order valence-electron chi connectivity index (χ4n) is 4.01. The highest BCUT2D eigenvalue weighted by Crippen LogP contribution is 2.37. The molecule has 2 fully saturated rings. The predicted octanol–water partition coefficient (Wildman–Crippen LogP) is 3.93. The topological polar surface area (TPSA) is 66.2 Å². The smallest absolute Gasteiger partial charge is 0.273 e. The van der Waals surface area contributed by atoms with Gasteiger partial charge in [0.2, 0.25) is 0 Å². The molecule has 27 heavy (non-hydrogen) atoms. The number of piperidine rings is 1. The van der Waals surface area contributed by atoms with Crippen LogP contribution in [0.1, 0.15) is 49.5 Å². The predicted molar refractivity (Wildman–Crippen MR) is 97.7 cm³/mol. The monoisotopic (exact) mass is 366 g/mol. The summed E-state index contributed by atoms with van der Waals surface area (Å²) in [5.74, 6) is -0.345. The summed E-state index contributed by atoms with van der Waals surface area (Å²) in [6.07, 6.45) is 3.11. The molecule has 0 spiro atoms. The van der Waals surface area contributed by atoms with Crippen LogP contribution in [0.15, 0.2) is 30.3 Å². The standard InChI is InChI=1S/C21H20FN3O2/c1-27-17-10-19(13-5-6-14(12-23)18(22)9-13)24-20(11-17)21(26)25-15-3-2-4-16(25)8-7-15/h5-6,9-11,15-16H,2-4,7-8H2,1H3/i2D. The Hall–Kier alpha value is -2.94. The number of benzene rings is 1. The fourth-order valence-corrected chi connectivity index (χ4v) is 4.01. The van der Waals surface area contributed by atoms with Crippen molar-refractivity contribution >= 4 is 5.91 Å². The number of aromatic nitrogens is 1. The van der Waals surface area contributed by atoms with Gasteiger partial charge in [-0.2, -0.15) is 5.26 Å². The van der Waals surface area contributed by atoms with Crippen LogP contribution < -0.4 is 4.74 Å². The fraction of sp³-hybridized carbons (Fsp3) is 0.381. The quantitative estimate of drug-likeness (QED) is 0.826. The van der Waals surface area contributed by atoms with Crippen LogP contribution in [-0.2, 0) is 0 Å². The van der Waals surface area contributed by atoms with Crippen molar-refractivity contribution in [2.45, 2.75) is 44.2 Å². The first-order valence-electron chi connectivity index (χ1n) is 9.59. The van der Waals surface area contributed by atoms with Crippen LogP contribution >= 0.6 is 0 Å². The van der Waals surface area contributed by atoms with Gasteiger partial charge in [0.15, 0.2) is 0 Å². The molecule has 138 valence electrons. The summed E-state index contributed by atoms with van der Waals surface area (Å²) in [4.78, 5) is 19.6. The lowest BCUT2D eigenvalue weighted by Gasteiger charge is -2.34. The Morgan fingerprint density at radius 3 is 2.67 bits per heavy atom. The van der Waals surface area contributed by atoms with Crippen molar-refractivity contribution in [2.75, 3.05) is 7.11 Å². The van der Waals surface area contributed by atoms with E-state index in [-0.39, 0.29) is 35.6 Å². The van der Waals surface area contributed by atoms with E-state index in [1.165, 1.54) is 19.2 Å². The third-order valence-electron chi connectivity index (χ3n) is 5.37. The first-order chi connectivity index (χ1) is 13.5. The van der Waals surface area contributed by atoms with Crippen LogP contribution in [0.3, 0.4) is 0 Å². The zero-order chi connectivity index (χ0) is 19.8. The Labute approximate surface area is 158 Å². The Kier molecular flexibility index (Phi) is 4.21. The van der Waals surface area contributed by atoms with Crippen molar-refractivity contribution in [3.63, 3.8) is 0 Å². The van der Waals surface area contributed by atoms with E-state index < -0.39 is 5.82 Å². The van der Waals surface area contributed by atoms with Gasteiger partial charge < -0.3 is 9.64 Å². The minimum atomic E-state index is -0.631. The van der Waals surface area contributed by atoms with Crippen LogP contribution in [0.25, 0.3) is 11.3 Å². The number of pyridine rings is 1. The zero-order valence-corrected chi connectivity index (χ0v) is 15.0. The van der Waals surface area contributed by atoms with Crippen LogP contribution in [0, 0.1) is 17.1 Å². The first-order valence-corrected chi connectivity index (χ1v) is 9.01. The second-order valence-corrected chi connectivity index (χ2v) is 6.94. The summed E-state index contributed by atoms with van der Waals surface area (Å²) >= 11 is 0. The van der Waals surface area contributed by atoms with E-state index in [4.69, 9.17) is 11.4 Å². The molecule has 3 heterocycles. The van der Waals surface area contributed by atoms with Crippen molar-refractivity contribution in [1.29, 1.82) is 5.26 Å². The molecule has 2 unspecified atom stereocenters. The average Bonchev–Trinajstić information content (AvgIpc) is 2.97. The molecule has 6 heteroatoms. The highest BCUT2D eigenvalue weighted by molar-refractivity contribution is 5.94. The number of nitrogens with zero attached hydrogens (tertiary/aromatic N) is 3. The molecule has 1 aromatic heterocycles. The number of fused-ring (bicyclic) bond motifs is 2. The number of nitriles is 1. The molecule has 2 atom stereocenters. The molecule has 0 N–H and O–H groups in total. The second-order valence-electron chi connectivity index (χ2n) is 6.94. The van der Waals surface area contributed by atoms with Crippen molar-refractivity contribution in [1.82, 2.24) is 9.88 Å². The molecule has 2 aliphatic heterocycles. The Morgan fingerprint density at radius 1 is 1.30 bits per heavy atom. The van der Waals surface area contributed by atoms with Crippen LogP contribution in [0.5, 0.6) is 5.75 Å². The van der Waals surface area contributed by atoms with Gasteiger partial charge in [-0.05, 0) is 44.2 Å². The van der Waals surface area contributed by atoms with E-state index >= 15 is 0 Å². The Bertz CT molecular complexity index is 961. The molecule has 1 aromatic carbocycles. The maximum absolute atomic E-state index is 14.0. The van der Waals surface area contributed by atoms with Gasteiger partial charge in [0, 0.05) is 31.2 Å². The largest absolute Gasteiger partial charge is 0.497 e. The van der Waals surface area contributed by atoms with E-state index in [0.29, 0.717) is 29.8 Å². The van der Waals surface area contributed by atoms with E-state index in [1.807, 2.05) is 4.90 Å². The molecule has 0 saturated carbocycles. The molecule has 1 amide bonds. The van der Waals surface area contributed by atoms with Gasteiger partial charge in [0.1, 0.15) is 23.3 Å². The molecule has 2 aromatic rings. The van der Waals surface area contributed by atoms with E-state index in [2.05, 4.69) is 4.98 Å². The van der Waals surface area contributed by atoms with Gasteiger partial charge in [0.05, 0.1) is 18.4 Å². The number of carbonyl (C=O) groups excluding carboxylic acids is 1. The van der Waals surface area contributed by atoms with Crippen LogP contribution in [-0.4, -0.2) is 35.0 Å². The lowest BCUT2D eigenvalue weighted by molar-refractivity contribution is 0.0588. The lowest BCUT2D eigenvalue weighted by atomic mass is 10.0. The maximum atomic E-state index is 14.0. The number of hydrogen-bond donors (Lipinski definition) is 0. The van der Waals surface area contributed by atoms with Gasteiger partial charge in [-0.25, -0.2) is 9.37 Å². The van der Waals surface area contributed by atoms with Gasteiger partial charge in [0.25, 0.3) is 5.91 Å². The molecule has 2 saturated heterocycles. The summed E-state index contributed by atoms with van der Waals surface area (Å²) in [5, 5.41) is 8.91. The zero-order valence-electron chi connectivity index (χ0n) is 16.0. The number of carbonyl (C=O) groups is 1. The lowest BCUT2D eigenvalue weighted by Crippen LogP contribution is -2.44. The van der Waals surface area contributed by atoms with E-state index in [0.717, 1.165) is 12.8 Å². The Morgan fingerprint density at radius 2 is 2.04 bits per heavy atom. The number of halogens is 1. The van der Waals surface area contributed by atoms with Crippen molar-refractivity contribution in [3.05, 3.63) is 47.4 Å². The normalized spacial score (nSPS) is 24.3. The molecule has 2 bridgehead atoms. The van der Waals surface area contributed by atoms with Gasteiger partial charge in [-0.3, -0.25) is 4.79 Å². The van der Waals surface area contributed by atoms with Crippen molar-refractivity contribution in [2.24, 2.45) is 0 Å². The third-order valence-corrected chi connectivity index (χ3v) is 5.37. The minimum absolute atomic E-state index is 0.0437. The summed E-state index contributed by atoms with van der Waals surface area (Å²) < 4.78 is 27.4. The van der Waals surface area contributed by atoms with E-state index in [9.17, 15) is 9.18 Å². The van der Waals surface area contributed by atoms with E-state index in [1.54, 1.807) is 24.3 Å². The minimum Gasteiger partial charge on any atom is -0.497 e. The number of rotatable bonds is 3. The molecular formula is C21H20FN3O2. The highest BCUT2D eigenvalue weighted by Gasteiger charge is 2.40. The van der Waals surface area contributed by atoms with Gasteiger partial charge in [-0.1, -0.05) is 6.07 Å². The highest BCUT2D eigenvalue weighted by atomic mass is 19.1. The second kappa shape index (κ2) is 6.99. The first kappa shape index (κ1) is 16.2. The SMILES string of the molecule is [2H]C1CC2CCC(C1)N2C(=O)c1cc(OC)cc(-c2ccc(C#N)c(F)c2)n1.